The number of ether oxygens (including phenoxy) is 1. The number of carbonyl (C=O) groups excluding carboxylic acids is 1. The normalized spacial score (nSPS) is 13.1. The molecule has 0 aliphatic carbocycles. The third-order valence-corrected chi connectivity index (χ3v) is 1.63. The second-order valence-electron chi connectivity index (χ2n) is 3.22. The highest BCUT2D eigenvalue weighted by Gasteiger charge is 2.18. The van der Waals surface area contributed by atoms with Crippen molar-refractivity contribution in [3.05, 3.63) is 0 Å². The fourth-order valence-corrected chi connectivity index (χ4v) is 1.05. The van der Waals surface area contributed by atoms with Gasteiger partial charge in [-0.15, -0.1) is 0 Å². The van der Waals surface area contributed by atoms with Crippen molar-refractivity contribution in [2.24, 2.45) is 5.92 Å². The molecule has 72 valence electrons. The summed E-state index contributed by atoms with van der Waals surface area (Å²) in [4.78, 5) is 11.2. The Bertz CT molecular complexity index is 134. The summed E-state index contributed by atoms with van der Waals surface area (Å²) in [6.45, 7) is 6.45. The van der Waals surface area contributed by atoms with Crippen LogP contribution < -0.4 is 5.32 Å². The summed E-state index contributed by atoms with van der Waals surface area (Å²) >= 11 is 0. The number of esters is 1. The van der Waals surface area contributed by atoms with Crippen LogP contribution in [0.4, 0.5) is 0 Å². The first-order chi connectivity index (χ1) is 5.61. The topological polar surface area (TPSA) is 38.3 Å². The van der Waals surface area contributed by atoms with Crippen molar-refractivity contribution in [1.82, 2.24) is 5.32 Å². The standard InChI is InChI=1S/C9H19NO2/c1-5-12-9(11)8(10-4)6-7(2)3/h7-8,10H,5-6H2,1-4H3/t8-/m0/s1. The first-order valence-corrected chi connectivity index (χ1v) is 4.45. The van der Waals surface area contributed by atoms with E-state index in [0.29, 0.717) is 12.5 Å². The van der Waals surface area contributed by atoms with Crippen LogP contribution in [-0.2, 0) is 9.53 Å². The third kappa shape index (κ3) is 4.34. The van der Waals surface area contributed by atoms with E-state index in [4.69, 9.17) is 4.74 Å². The van der Waals surface area contributed by atoms with Crippen molar-refractivity contribution in [1.29, 1.82) is 0 Å². The number of nitrogens with one attached hydrogen (secondary N) is 1. The molecule has 0 aromatic rings. The molecule has 0 spiro atoms. The Kier molecular flexibility index (Phi) is 5.72. The van der Waals surface area contributed by atoms with Crippen LogP contribution in [0.2, 0.25) is 0 Å². The van der Waals surface area contributed by atoms with Gasteiger partial charge in [-0.3, -0.25) is 4.79 Å². The summed E-state index contributed by atoms with van der Waals surface area (Å²) in [5, 5.41) is 2.94. The van der Waals surface area contributed by atoms with Crippen LogP contribution in [0.15, 0.2) is 0 Å². The molecule has 3 heteroatoms. The van der Waals surface area contributed by atoms with Gasteiger partial charge in [0.05, 0.1) is 6.61 Å². The summed E-state index contributed by atoms with van der Waals surface area (Å²) < 4.78 is 4.89. The second-order valence-corrected chi connectivity index (χ2v) is 3.22. The molecular weight excluding hydrogens is 154 g/mol. The van der Waals surface area contributed by atoms with Crippen LogP contribution in [-0.4, -0.2) is 25.7 Å². The van der Waals surface area contributed by atoms with Gasteiger partial charge in [-0.1, -0.05) is 13.8 Å². The molecular formula is C9H19NO2. The van der Waals surface area contributed by atoms with E-state index in [-0.39, 0.29) is 12.0 Å². The molecule has 0 bridgehead atoms. The number of rotatable bonds is 5. The lowest BCUT2D eigenvalue weighted by atomic mass is 10.0. The van der Waals surface area contributed by atoms with E-state index in [9.17, 15) is 4.79 Å². The molecule has 0 radical (unpaired) electrons. The largest absolute Gasteiger partial charge is 0.465 e. The van der Waals surface area contributed by atoms with Crippen LogP contribution in [0.3, 0.4) is 0 Å². The molecule has 1 atom stereocenters. The Hall–Kier alpha value is -0.570. The van der Waals surface area contributed by atoms with Crippen molar-refractivity contribution in [2.75, 3.05) is 13.7 Å². The SMILES string of the molecule is CCOC(=O)[C@H](CC(C)C)NC. The zero-order chi connectivity index (χ0) is 9.56. The fraction of sp³-hybridized carbons (Fsp3) is 0.889. The molecule has 0 aliphatic rings. The van der Waals surface area contributed by atoms with E-state index >= 15 is 0 Å². The van der Waals surface area contributed by atoms with Crippen molar-refractivity contribution in [2.45, 2.75) is 33.2 Å². The molecule has 0 saturated carbocycles. The highest BCUT2D eigenvalue weighted by molar-refractivity contribution is 5.75. The molecule has 0 amide bonds. The summed E-state index contributed by atoms with van der Waals surface area (Å²) in [5.74, 6) is 0.362. The zero-order valence-corrected chi connectivity index (χ0v) is 8.39. The van der Waals surface area contributed by atoms with Gasteiger partial charge in [0, 0.05) is 0 Å². The second kappa shape index (κ2) is 6.00. The maximum atomic E-state index is 11.2. The molecule has 12 heavy (non-hydrogen) atoms. The highest BCUT2D eigenvalue weighted by atomic mass is 16.5. The molecule has 0 aromatic carbocycles. The van der Waals surface area contributed by atoms with Gasteiger partial charge in [-0.05, 0) is 26.3 Å². The molecule has 1 N–H and O–H groups in total. The first-order valence-electron chi connectivity index (χ1n) is 4.45. The van der Waals surface area contributed by atoms with Gasteiger partial charge in [0.1, 0.15) is 6.04 Å². The summed E-state index contributed by atoms with van der Waals surface area (Å²) in [7, 11) is 1.78. The molecule has 0 fully saturated rings. The van der Waals surface area contributed by atoms with E-state index in [1.807, 2.05) is 6.92 Å². The van der Waals surface area contributed by atoms with Crippen molar-refractivity contribution < 1.29 is 9.53 Å². The molecule has 0 aliphatic heterocycles. The minimum absolute atomic E-state index is 0.145. The van der Waals surface area contributed by atoms with Gasteiger partial charge in [-0.25, -0.2) is 0 Å². The van der Waals surface area contributed by atoms with Crippen LogP contribution in [0, 0.1) is 5.92 Å². The van der Waals surface area contributed by atoms with Gasteiger partial charge in [0.25, 0.3) is 0 Å². The van der Waals surface area contributed by atoms with Crippen molar-refractivity contribution in [3.63, 3.8) is 0 Å². The Morgan fingerprint density at radius 3 is 2.42 bits per heavy atom. The monoisotopic (exact) mass is 173 g/mol. The van der Waals surface area contributed by atoms with E-state index in [1.54, 1.807) is 7.05 Å². The fourth-order valence-electron chi connectivity index (χ4n) is 1.05. The third-order valence-electron chi connectivity index (χ3n) is 1.63. The zero-order valence-electron chi connectivity index (χ0n) is 8.39. The van der Waals surface area contributed by atoms with Crippen LogP contribution in [0.25, 0.3) is 0 Å². The molecule has 0 aromatic heterocycles. The average molecular weight is 173 g/mol. The number of hydrogen-bond donors (Lipinski definition) is 1. The van der Waals surface area contributed by atoms with E-state index in [2.05, 4.69) is 19.2 Å². The lowest BCUT2D eigenvalue weighted by Crippen LogP contribution is -2.36. The van der Waals surface area contributed by atoms with Crippen LogP contribution >= 0.6 is 0 Å². The van der Waals surface area contributed by atoms with Gasteiger partial charge >= 0.3 is 5.97 Å². The molecule has 0 unspecified atom stereocenters. The minimum atomic E-state index is -0.148. The first kappa shape index (κ1) is 11.4. The van der Waals surface area contributed by atoms with Gasteiger partial charge in [-0.2, -0.15) is 0 Å². The van der Waals surface area contributed by atoms with E-state index in [0.717, 1.165) is 6.42 Å². The molecule has 0 rings (SSSR count). The predicted octanol–water partition coefficient (Wildman–Crippen LogP) is 1.18. The smallest absolute Gasteiger partial charge is 0.323 e. The number of hydrogen-bond acceptors (Lipinski definition) is 3. The van der Waals surface area contributed by atoms with E-state index in [1.165, 1.54) is 0 Å². The Morgan fingerprint density at radius 2 is 2.08 bits per heavy atom. The lowest BCUT2D eigenvalue weighted by molar-refractivity contribution is -0.145. The summed E-state index contributed by atoms with van der Waals surface area (Å²) in [6.07, 6.45) is 0.829. The minimum Gasteiger partial charge on any atom is -0.465 e. The summed E-state index contributed by atoms with van der Waals surface area (Å²) in [5.41, 5.74) is 0. The Labute approximate surface area is 74.5 Å². The lowest BCUT2D eigenvalue weighted by Gasteiger charge is -2.16. The number of likely N-dealkylation sites (N-methyl/N-ethyl adjacent to an activating group) is 1. The van der Waals surface area contributed by atoms with Crippen molar-refractivity contribution in [3.8, 4) is 0 Å². The van der Waals surface area contributed by atoms with Crippen LogP contribution in [0.1, 0.15) is 27.2 Å². The van der Waals surface area contributed by atoms with Crippen molar-refractivity contribution >= 4 is 5.97 Å². The highest BCUT2D eigenvalue weighted by Crippen LogP contribution is 2.05. The number of carbonyl (C=O) groups is 1. The molecule has 0 saturated heterocycles. The molecule has 3 nitrogen and oxygen atoms in total. The van der Waals surface area contributed by atoms with E-state index < -0.39 is 0 Å². The quantitative estimate of drug-likeness (QED) is 0.634. The molecule has 0 heterocycles. The van der Waals surface area contributed by atoms with Gasteiger partial charge in [0.15, 0.2) is 0 Å². The average Bonchev–Trinajstić information content (AvgIpc) is 2.00. The Balaban J connectivity index is 3.87. The summed E-state index contributed by atoms with van der Waals surface area (Å²) in [6, 6.07) is -0.148. The predicted molar refractivity (Wildman–Crippen MR) is 48.9 cm³/mol. The Morgan fingerprint density at radius 1 is 1.50 bits per heavy atom. The van der Waals surface area contributed by atoms with Gasteiger partial charge < -0.3 is 10.1 Å². The van der Waals surface area contributed by atoms with Gasteiger partial charge in [0.2, 0.25) is 0 Å². The van der Waals surface area contributed by atoms with Crippen LogP contribution in [0.5, 0.6) is 0 Å². The maximum Gasteiger partial charge on any atom is 0.323 e. The maximum absolute atomic E-state index is 11.2.